The maximum atomic E-state index is 12.6. The van der Waals surface area contributed by atoms with Gasteiger partial charge in [0.25, 0.3) is 5.91 Å². The van der Waals surface area contributed by atoms with E-state index in [1.165, 1.54) is 10.9 Å². The van der Waals surface area contributed by atoms with Crippen LogP contribution in [0.4, 0.5) is 5.82 Å². The number of nitrogens with zero attached hydrogens (tertiary/aromatic N) is 4. The molecule has 1 saturated heterocycles. The van der Waals surface area contributed by atoms with Crippen LogP contribution in [0, 0.1) is 0 Å². The van der Waals surface area contributed by atoms with Gasteiger partial charge in [-0.25, -0.2) is 4.79 Å². The summed E-state index contributed by atoms with van der Waals surface area (Å²) in [7, 11) is 1.64. The van der Waals surface area contributed by atoms with Crippen LogP contribution in [0.1, 0.15) is 27.6 Å². The normalized spacial score (nSPS) is 14.4. The number of esters is 1. The third kappa shape index (κ3) is 5.17. The molecule has 1 aliphatic heterocycles. The summed E-state index contributed by atoms with van der Waals surface area (Å²) < 4.78 is 6.42. The van der Waals surface area contributed by atoms with Crippen LogP contribution in [0.15, 0.2) is 30.5 Å². The topological polar surface area (TPSA) is 96.8 Å². The van der Waals surface area contributed by atoms with E-state index in [0.717, 1.165) is 0 Å². The number of ether oxygens (including phenoxy) is 1. The largest absolute Gasteiger partial charge is 0.462 e. The highest BCUT2D eigenvalue weighted by Gasteiger charge is 2.25. The zero-order chi connectivity index (χ0) is 21.7. The van der Waals surface area contributed by atoms with Crippen molar-refractivity contribution in [2.24, 2.45) is 7.05 Å². The number of piperazine rings is 1. The van der Waals surface area contributed by atoms with Gasteiger partial charge in [0.05, 0.1) is 19.3 Å². The van der Waals surface area contributed by atoms with Crippen molar-refractivity contribution in [3.8, 4) is 0 Å². The minimum Gasteiger partial charge on any atom is -0.462 e. The molecule has 1 aromatic carbocycles. The number of halogens is 1. The van der Waals surface area contributed by atoms with Crippen LogP contribution in [0.3, 0.4) is 0 Å². The van der Waals surface area contributed by atoms with Crippen LogP contribution < -0.4 is 5.32 Å². The lowest BCUT2D eigenvalue weighted by Crippen LogP contribution is -2.50. The highest BCUT2D eigenvalue weighted by Crippen LogP contribution is 2.16. The van der Waals surface area contributed by atoms with Crippen LogP contribution in [0.25, 0.3) is 0 Å². The maximum absolute atomic E-state index is 12.6. The Bertz CT molecular complexity index is 920. The van der Waals surface area contributed by atoms with Gasteiger partial charge < -0.3 is 15.0 Å². The number of rotatable bonds is 6. The van der Waals surface area contributed by atoms with Gasteiger partial charge in [0.15, 0.2) is 0 Å². The van der Waals surface area contributed by atoms with E-state index in [2.05, 4.69) is 10.4 Å². The van der Waals surface area contributed by atoms with E-state index < -0.39 is 5.97 Å². The van der Waals surface area contributed by atoms with E-state index in [4.69, 9.17) is 16.3 Å². The molecule has 0 spiro atoms. The lowest BCUT2D eigenvalue weighted by molar-refractivity contribution is -0.117. The number of aryl methyl sites for hydroxylation is 1. The smallest absolute Gasteiger partial charge is 0.343 e. The lowest BCUT2D eigenvalue weighted by Gasteiger charge is -2.34. The molecule has 0 atom stereocenters. The first-order valence-corrected chi connectivity index (χ1v) is 10.0. The Morgan fingerprint density at radius 3 is 2.43 bits per heavy atom. The van der Waals surface area contributed by atoms with Crippen molar-refractivity contribution in [1.29, 1.82) is 0 Å². The number of aromatic nitrogens is 2. The SMILES string of the molecule is CCOC(=O)c1cnn(C)c1NC(=O)CN1CCN(C(=O)c2ccc(Cl)cc2)CC1. The molecule has 1 N–H and O–H groups in total. The Morgan fingerprint density at radius 1 is 1.13 bits per heavy atom. The van der Waals surface area contributed by atoms with E-state index >= 15 is 0 Å². The second-order valence-electron chi connectivity index (χ2n) is 6.87. The molecule has 10 heteroatoms. The van der Waals surface area contributed by atoms with Gasteiger partial charge in [0.2, 0.25) is 5.91 Å². The molecule has 1 fully saturated rings. The molecule has 0 unspecified atom stereocenters. The molecular weight excluding hydrogens is 410 g/mol. The van der Waals surface area contributed by atoms with Crippen molar-refractivity contribution in [3.63, 3.8) is 0 Å². The summed E-state index contributed by atoms with van der Waals surface area (Å²) >= 11 is 5.87. The monoisotopic (exact) mass is 433 g/mol. The summed E-state index contributed by atoms with van der Waals surface area (Å²) in [6, 6.07) is 6.80. The van der Waals surface area contributed by atoms with E-state index in [1.54, 1.807) is 43.1 Å². The standard InChI is InChI=1S/C20H24ClN5O4/c1-3-30-20(29)16-12-22-24(2)18(16)23-17(27)13-25-8-10-26(11-9-25)19(28)14-4-6-15(21)7-5-14/h4-7,12H,3,8-11,13H2,1-2H3,(H,23,27). The molecule has 1 aliphatic rings. The van der Waals surface area contributed by atoms with Crippen LogP contribution in [0.5, 0.6) is 0 Å². The van der Waals surface area contributed by atoms with Crippen LogP contribution in [0.2, 0.25) is 5.02 Å². The Morgan fingerprint density at radius 2 is 1.80 bits per heavy atom. The maximum Gasteiger partial charge on any atom is 0.343 e. The van der Waals surface area contributed by atoms with Crippen LogP contribution >= 0.6 is 11.6 Å². The number of nitrogens with one attached hydrogen (secondary N) is 1. The number of carbonyl (C=O) groups is 3. The van der Waals surface area contributed by atoms with Gasteiger partial charge >= 0.3 is 5.97 Å². The van der Waals surface area contributed by atoms with Gasteiger partial charge in [-0.05, 0) is 31.2 Å². The number of benzene rings is 1. The molecule has 30 heavy (non-hydrogen) atoms. The van der Waals surface area contributed by atoms with Crippen molar-refractivity contribution < 1.29 is 19.1 Å². The number of amides is 2. The molecular formula is C20H24ClN5O4. The fourth-order valence-electron chi connectivity index (χ4n) is 3.20. The number of hydrogen-bond acceptors (Lipinski definition) is 6. The van der Waals surface area contributed by atoms with Crippen molar-refractivity contribution >= 4 is 35.2 Å². The van der Waals surface area contributed by atoms with Gasteiger partial charge in [-0.1, -0.05) is 11.6 Å². The second kappa shape index (κ2) is 9.73. The molecule has 9 nitrogen and oxygen atoms in total. The van der Waals surface area contributed by atoms with E-state index in [1.807, 2.05) is 4.90 Å². The van der Waals surface area contributed by atoms with E-state index in [-0.39, 0.29) is 30.5 Å². The van der Waals surface area contributed by atoms with Crippen molar-refractivity contribution in [3.05, 3.63) is 46.6 Å². The minimum atomic E-state index is -0.532. The summed E-state index contributed by atoms with van der Waals surface area (Å²) in [5, 5.41) is 7.34. The molecule has 1 aromatic heterocycles. The average molecular weight is 434 g/mol. The van der Waals surface area contributed by atoms with Crippen molar-refractivity contribution in [2.45, 2.75) is 6.92 Å². The Labute approximate surface area is 179 Å². The van der Waals surface area contributed by atoms with Crippen LogP contribution in [-0.2, 0) is 16.6 Å². The van der Waals surface area contributed by atoms with Gasteiger partial charge in [-0.3, -0.25) is 19.2 Å². The van der Waals surface area contributed by atoms with Gasteiger partial charge in [0.1, 0.15) is 11.4 Å². The molecule has 2 heterocycles. The number of anilines is 1. The molecule has 160 valence electrons. The summed E-state index contributed by atoms with van der Waals surface area (Å²) in [4.78, 5) is 40.8. The zero-order valence-corrected chi connectivity index (χ0v) is 17.7. The van der Waals surface area contributed by atoms with Crippen molar-refractivity contribution in [1.82, 2.24) is 19.6 Å². The molecule has 3 rings (SSSR count). The predicted molar refractivity (Wildman–Crippen MR) is 112 cm³/mol. The lowest BCUT2D eigenvalue weighted by atomic mass is 10.2. The highest BCUT2D eigenvalue weighted by molar-refractivity contribution is 6.30. The summed E-state index contributed by atoms with van der Waals surface area (Å²) in [5.74, 6) is -0.545. The first kappa shape index (κ1) is 21.8. The molecule has 2 aromatic rings. The number of carbonyl (C=O) groups excluding carboxylic acids is 3. The summed E-state index contributed by atoms with van der Waals surface area (Å²) in [5.41, 5.74) is 0.805. The fourth-order valence-corrected chi connectivity index (χ4v) is 3.33. The molecule has 0 bridgehead atoms. The molecule has 0 aliphatic carbocycles. The second-order valence-corrected chi connectivity index (χ2v) is 7.31. The molecule has 0 saturated carbocycles. The van der Waals surface area contributed by atoms with Gasteiger partial charge in [-0.15, -0.1) is 0 Å². The third-order valence-corrected chi connectivity index (χ3v) is 5.06. The number of hydrogen-bond donors (Lipinski definition) is 1. The summed E-state index contributed by atoms with van der Waals surface area (Å²) in [6.45, 7) is 4.29. The highest BCUT2D eigenvalue weighted by atomic mass is 35.5. The first-order chi connectivity index (χ1) is 14.4. The van der Waals surface area contributed by atoms with Crippen molar-refractivity contribution in [2.75, 3.05) is 44.6 Å². The predicted octanol–water partition coefficient (Wildman–Crippen LogP) is 1.65. The fraction of sp³-hybridized carbons (Fsp3) is 0.400. The summed E-state index contributed by atoms with van der Waals surface area (Å²) in [6.07, 6.45) is 1.37. The van der Waals surface area contributed by atoms with Crippen LogP contribution in [-0.4, -0.2) is 76.7 Å². The molecule has 2 amide bonds. The Balaban J connectivity index is 1.52. The Kier molecular flexibility index (Phi) is 7.07. The quantitative estimate of drug-likeness (QED) is 0.696. The minimum absolute atomic E-state index is 0.0512. The average Bonchev–Trinajstić information content (AvgIpc) is 3.09. The van der Waals surface area contributed by atoms with Gasteiger partial charge in [0, 0.05) is 43.8 Å². The Hall–Kier alpha value is -2.91. The first-order valence-electron chi connectivity index (χ1n) is 9.65. The van der Waals surface area contributed by atoms with Gasteiger partial charge in [-0.2, -0.15) is 5.10 Å². The third-order valence-electron chi connectivity index (χ3n) is 4.81. The van der Waals surface area contributed by atoms with E-state index in [9.17, 15) is 14.4 Å². The zero-order valence-electron chi connectivity index (χ0n) is 16.9. The van der Waals surface area contributed by atoms with E-state index in [0.29, 0.717) is 42.6 Å². The molecule has 0 radical (unpaired) electrons.